The number of hydrogen-bond donors (Lipinski definition) is 1. The van der Waals surface area contributed by atoms with Crippen molar-refractivity contribution in [1.29, 1.82) is 0 Å². The molecular weight excluding hydrogens is 252 g/mol. The van der Waals surface area contributed by atoms with E-state index in [1.807, 2.05) is 11.8 Å². The smallest absolute Gasteiger partial charge is 0.156 e. The second-order valence-corrected chi connectivity index (χ2v) is 8.53. The summed E-state index contributed by atoms with van der Waals surface area (Å²) < 4.78 is 0. The maximum absolute atomic E-state index is 4.72. The molecule has 1 N–H and O–H groups in total. The van der Waals surface area contributed by atoms with Crippen molar-refractivity contribution in [3.05, 3.63) is 0 Å². The van der Waals surface area contributed by atoms with Crippen molar-refractivity contribution in [2.24, 2.45) is 22.2 Å². The molecule has 3 heteroatoms. The molecule has 3 aliphatic rings. The summed E-state index contributed by atoms with van der Waals surface area (Å²) in [5, 5.41) is 5.74. The van der Waals surface area contributed by atoms with Crippen LogP contribution in [0.25, 0.3) is 0 Å². The summed E-state index contributed by atoms with van der Waals surface area (Å²) in [5.41, 5.74) is 0.564. The van der Waals surface area contributed by atoms with E-state index in [4.69, 9.17) is 4.99 Å². The molecule has 0 spiro atoms. The Balaban J connectivity index is 1.49. The van der Waals surface area contributed by atoms with Crippen LogP contribution in [-0.2, 0) is 0 Å². The summed E-state index contributed by atoms with van der Waals surface area (Å²) in [6.07, 6.45) is 9.96. The Morgan fingerprint density at radius 2 is 2.05 bits per heavy atom. The van der Waals surface area contributed by atoms with Gasteiger partial charge >= 0.3 is 0 Å². The Kier molecular flexibility index (Phi) is 4.11. The first-order valence-corrected chi connectivity index (χ1v) is 9.00. The Hall–Kier alpha value is -0.180. The molecule has 2 saturated carbocycles. The van der Waals surface area contributed by atoms with Crippen LogP contribution in [0.15, 0.2) is 4.99 Å². The summed E-state index contributed by atoms with van der Waals surface area (Å²) in [4.78, 5) is 4.72. The van der Waals surface area contributed by atoms with Gasteiger partial charge in [-0.25, -0.2) is 0 Å². The van der Waals surface area contributed by atoms with Gasteiger partial charge in [-0.05, 0) is 49.4 Å². The number of rotatable bonds is 5. The first kappa shape index (κ1) is 13.8. The number of nitrogens with one attached hydrogen (secondary N) is 1. The molecule has 0 saturated heterocycles. The Labute approximate surface area is 122 Å². The average molecular weight is 280 g/mol. The van der Waals surface area contributed by atoms with Gasteiger partial charge in [0.05, 0.1) is 6.54 Å². The third-order valence-electron chi connectivity index (χ3n) is 4.95. The van der Waals surface area contributed by atoms with Crippen molar-refractivity contribution in [1.82, 2.24) is 5.32 Å². The fraction of sp³-hybridized carbons (Fsp3) is 0.938. The lowest BCUT2D eigenvalue weighted by molar-refractivity contribution is 0.236. The van der Waals surface area contributed by atoms with E-state index in [-0.39, 0.29) is 0 Å². The zero-order valence-corrected chi connectivity index (χ0v) is 13.3. The van der Waals surface area contributed by atoms with Crippen LogP contribution in [0.3, 0.4) is 0 Å². The average Bonchev–Trinajstić information content (AvgIpc) is 2.94. The van der Waals surface area contributed by atoms with Gasteiger partial charge in [0.25, 0.3) is 0 Å². The number of amidine groups is 1. The van der Waals surface area contributed by atoms with Gasteiger partial charge in [-0.3, -0.25) is 4.99 Å². The molecule has 108 valence electrons. The molecule has 1 unspecified atom stereocenters. The standard InChI is InChI=1S/C16H28N2S/c1-12(2)9-16(7-3-4-8-16)11-18-15-17-10-14(19-15)13-5-6-13/h12-14H,3-11H2,1-2H3,(H,17,18). The fourth-order valence-electron chi connectivity index (χ4n) is 3.91. The Bertz CT molecular complexity index is 341. The van der Waals surface area contributed by atoms with Crippen molar-refractivity contribution in [2.45, 2.75) is 64.0 Å². The van der Waals surface area contributed by atoms with Crippen LogP contribution in [0, 0.1) is 17.3 Å². The van der Waals surface area contributed by atoms with Crippen LogP contribution in [0.1, 0.15) is 58.8 Å². The van der Waals surface area contributed by atoms with Gasteiger partial charge < -0.3 is 5.32 Å². The summed E-state index contributed by atoms with van der Waals surface area (Å²) in [5.74, 6) is 1.79. The molecule has 1 aliphatic heterocycles. The molecule has 0 aromatic rings. The first-order chi connectivity index (χ1) is 9.17. The van der Waals surface area contributed by atoms with Gasteiger partial charge in [-0.1, -0.05) is 38.5 Å². The molecule has 2 nitrogen and oxygen atoms in total. The normalized spacial score (nSPS) is 29.8. The molecule has 1 atom stereocenters. The monoisotopic (exact) mass is 280 g/mol. The fourth-order valence-corrected chi connectivity index (χ4v) is 5.11. The lowest BCUT2D eigenvalue weighted by atomic mass is 9.78. The summed E-state index contributed by atoms with van der Waals surface area (Å²) in [7, 11) is 0. The largest absolute Gasteiger partial charge is 0.364 e. The highest BCUT2D eigenvalue weighted by molar-refractivity contribution is 8.14. The third-order valence-corrected chi connectivity index (χ3v) is 6.28. The molecule has 19 heavy (non-hydrogen) atoms. The topological polar surface area (TPSA) is 24.4 Å². The maximum Gasteiger partial charge on any atom is 0.156 e. The second-order valence-electron chi connectivity index (χ2n) is 7.30. The molecule has 0 aromatic heterocycles. The van der Waals surface area contributed by atoms with Crippen LogP contribution in [0.5, 0.6) is 0 Å². The lowest BCUT2D eigenvalue weighted by Crippen LogP contribution is -2.35. The van der Waals surface area contributed by atoms with Gasteiger partial charge in [0.2, 0.25) is 0 Å². The van der Waals surface area contributed by atoms with E-state index in [0.717, 1.165) is 30.2 Å². The van der Waals surface area contributed by atoms with E-state index in [0.29, 0.717) is 5.41 Å². The highest BCUT2D eigenvalue weighted by atomic mass is 32.2. The number of nitrogens with zero attached hydrogens (tertiary/aromatic N) is 1. The quantitative estimate of drug-likeness (QED) is 0.821. The first-order valence-electron chi connectivity index (χ1n) is 8.12. The molecule has 3 rings (SSSR count). The van der Waals surface area contributed by atoms with Crippen LogP contribution >= 0.6 is 11.8 Å². The minimum atomic E-state index is 0.564. The number of aliphatic imine (C=N–C) groups is 1. The van der Waals surface area contributed by atoms with Gasteiger partial charge in [-0.15, -0.1) is 0 Å². The van der Waals surface area contributed by atoms with Gasteiger partial charge in [-0.2, -0.15) is 0 Å². The van der Waals surface area contributed by atoms with Crippen LogP contribution < -0.4 is 5.32 Å². The Morgan fingerprint density at radius 3 is 2.68 bits per heavy atom. The van der Waals surface area contributed by atoms with Gasteiger partial charge in [0.15, 0.2) is 5.17 Å². The zero-order valence-electron chi connectivity index (χ0n) is 12.5. The summed E-state index contributed by atoms with van der Waals surface area (Å²) in [6.45, 7) is 6.96. The van der Waals surface area contributed by atoms with E-state index in [1.54, 1.807) is 0 Å². The zero-order chi connectivity index (χ0) is 13.3. The third kappa shape index (κ3) is 3.48. The minimum Gasteiger partial charge on any atom is -0.364 e. The van der Waals surface area contributed by atoms with Crippen LogP contribution in [-0.4, -0.2) is 23.5 Å². The van der Waals surface area contributed by atoms with Crippen molar-refractivity contribution in [3.63, 3.8) is 0 Å². The van der Waals surface area contributed by atoms with E-state index < -0.39 is 0 Å². The predicted molar refractivity (Wildman–Crippen MR) is 84.8 cm³/mol. The maximum atomic E-state index is 4.72. The SMILES string of the molecule is CC(C)CC1(CNC2=NCC(C3CC3)S2)CCCC1. The molecule has 0 amide bonds. The van der Waals surface area contributed by atoms with Crippen LogP contribution in [0.2, 0.25) is 0 Å². The molecular formula is C16H28N2S. The molecule has 0 aromatic carbocycles. The minimum absolute atomic E-state index is 0.564. The second kappa shape index (κ2) is 5.67. The van der Waals surface area contributed by atoms with Gasteiger partial charge in [0, 0.05) is 11.8 Å². The number of thioether (sulfide) groups is 1. The van der Waals surface area contributed by atoms with Crippen molar-refractivity contribution < 1.29 is 0 Å². The van der Waals surface area contributed by atoms with Crippen LogP contribution in [0.4, 0.5) is 0 Å². The Morgan fingerprint density at radius 1 is 1.32 bits per heavy atom. The lowest BCUT2D eigenvalue weighted by Gasteiger charge is -2.31. The van der Waals surface area contributed by atoms with E-state index in [9.17, 15) is 0 Å². The molecule has 1 heterocycles. The molecule has 2 aliphatic carbocycles. The molecule has 2 fully saturated rings. The highest BCUT2D eigenvalue weighted by Gasteiger charge is 2.37. The van der Waals surface area contributed by atoms with Crippen molar-refractivity contribution in [2.75, 3.05) is 13.1 Å². The molecule has 0 radical (unpaired) electrons. The summed E-state index contributed by atoms with van der Waals surface area (Å²) >= 11 is 2.02. The highest BCUT2D eigenvalue weighted by Crippen LogP contribution is 2.44. The number of hydrogen-bond acceptors (Lipinski definition) is 3. The van der Waals surface area contributed by atoms with Crippen molar-refractivity contribution in [3.8, 4) is 0 Å². The van der Waals surface area contributed by atoms with E-state index >= 15 is 0 Å². The van der Waals surface area contributed by atoms with Gasteiger partial charge in [0.1, 0.15) is 0 Å². The molecule has 0 bridgehead atoms. The summed E-state index contributed by atoms with van der Waals surface area (Å²) in [6, 6.07) is 0. The predicted octanol–water partition coefficient (Wildman–Crippen LogP) is 4.06. The van der Waals surface area contributed by atoms with E-state index in [2.05, 4.69) is 19.2 Å². The van der Waals surface area contributed by atoms with E-state index in [1.165, 1.54) is 50.1 Å². The van der Waals surface area contributed by atoms with Crippen molar-refractivity contribution >= 4 is 16.9 Å².